The fraction of sp³-hybridized carbons (Fsp3) is 0.500. The third kappa shape index (κ3) is 4.30. The highest BCUT2D eigenvalue weighted by atomic mass is 35.5. The lowest BCUT2D eigenvalue weighted by Crippen LogP contribution is -2.51. The van der Waals surface area contributed by atoms with Crippen LogP contribution in [0.4, 0.5) is 5.82 Å². The topological polar surface area (TPSA) is 49.3 Å². The van der Waals surface area contributed by atoms with E-state index in [1.165, 1.54) is 11.1 Å². The first-order valence-electron chi connectivity index (χ1n) is 9.91. The normalized spacial score (nSPS) is 15.8. The molecule has 2 aromatic rings. The van der Waals surface area contributed by atoms with Crippen LogP contribution in [-0.2, 0) is 4.79 Å². The van der Waals surface area contributed by atoms with Crippen molar-refractivity contribution in [3.05, 3.63) is 41.1 Å². The highest BCUT2D eigenvalue weighted by molar-refractivity contribution is 6.30. The molecule has 150 valence electrons. The van der Waals surface area contributed by atoms with E-state index in [9.17, 15) is 4.79 Å². The molecule has 28 heavy (non-hydrogen) atoms. The second kappa shape index (κ2) is 8.48. The van der Waals surface area contributed by atoms with Crippen LogP contribution in [0.5, 0.6) is 0 Å². The quantitative estimate of drug-likeness (QED) is 0.723. The van der Waals surface area contributed by atoms with Crippen molar-refractivity contribution < 1.29 is 4.79 Å². The number of nitrogens with zero attached hydrogens (tertiary/aromatic N) is 4. The molecule has 0 unspecified atom stereocenters. The molecule has 3 rings (SSSR count). The lowest BCUT2D eigenvalue weighted by molar-refractivity contribution is -0.130. The van der Waals surface area contributed by atoms with E-state index in [1.807, 2.05) is 4.90 Å². The molecule has 1 fully saturated rings. The molecule has 1 aliphatic rings. The molecular formula is C22H29ClN4O. The molecular weight excluding hydrogens is 372 g/mol. The summed E-state index contributed by atoms with van der Waals surface area (Å²) < 4.78 is 0. The molecule has 0 aliphatic carbocycles. The van der Waals surface area contributed by atoms with E-state index in [0.29, 0.717) is 19.0 Å². The number of hydrogen-bond donors (Lipinski definition) is 0. The standard InChI is InChI=1S/C22H29ClN4O/c1-14(2)19-17(5)24-20(18-8-6-15(3)7-9-18)25-21(19)26-10-12-27(13-11-26)22(28)16(4)23/h6-9,14,16H,10-13H2,1-5H3/t16-/m0/s1. The molecule has 2 heterocycles. The molecule has 0 bridgehead atoms. The van der Waals surface area contributed by atoms with Crippen molar-refractivity contribution in [3.8, 4) is 11.4 Å². The van der Waals surface area contributed by atoms with Crippen LogP contribution in [0, 0.1) is 13.8 Å². The number of halogens is 1. The summed E-state index contributed by atoms with van der Waals surface area (Å²) in [7, 11) is 0. The maximum atomic E-state index is 12.2. The smallest absolute Gasteiger partial charge is 0.240 e. The second-order valence-corrected chi connectivity index (χ2v) is 8.47. The Morgan fingerprint density at radius 1 is 1.00 bits per heavy atom. The van der Waals surface area contributed by atoms with E-state index in [-0.39, 0.29) is 5.91 Å². The van der Waals surface area contributed by atoms with Gasteiger partial charge in [0, 0.05) is 43.0 Å². The average molecular weight is 401 g/mol. The summed E-state index contributed by atoms with van der Waals surface area (Å²) in [6, 6.07) is 8.31. The highest BCUT2D eigenvalue weighted by Gasteiger charge is 2.27. The maximum absolute atomic E-state index is 12.2. The molecule has 5 nitrogen and oxygen atoms in total. The molecule has 0 spiro atoms. The van der Waals surface area contributed by atoms with Crippen molar-refractivity contribution in [1.82, 2.24) is 14.9 Å². The van der Waals surface area contributed by atoms with Gasteiger partial charge in [-0.3, -0.25) is 4.79 Å². The van der Waals surface area contributed by atoms with Gasteiger partial charge in [0.15, 0.2) is 5.82 Å². The number of alkyl halides is 1. The van der Waals surface area contributed by atoms with Crippen LogP contribution in [0.25, 0.3) is 11.4 Å². The van der Waals surface area contributed by atoms with E-state index in [4.69, 9.17) is 21.6 Å². The number of piperazine rings is 1. The van der Waals surface area contributed by atoms with Crippen molar-refractivity contribution in [1.29, 1.82) is 0 Å². The monoisotopic (exact) mass is 400 g/mol. The SMILES string of the molecule is Cc1ccc(-c2nc(C)c(C(C)C)c(N3CCN(C(=O)[C@H](C)Cl)CC3)n2)cc1. The number of carbonyl (C=O) groups excluding carboxylic acids is 1. The van der Waals surface area contributed by atoms with Gasteiger partial charge >= 0.3 is 0 Å². The summed E-state index contributed by atoms with van der Waals surface area (Å²) in [5.74, 6) is 2.07. The summed E-state index contributed by atoms with van der Waals surface area (Å²) in [5.41, 5.74) is 4.44. The van der Waals surface area contributed by atoms with Crippen LogP contribution in [-0.4, -0.2) is 52.3 Å². The van der Waals surface area contributed by atoms with Crippen molar-refractivity contribution in [2.75, 3.05) is 31.1 Å². The Balaban J connectivity index is 1.93. The number of hydrogen-bond acceptors (Lipinski definition) is 4. The molecule has 6 heteroatoms. The molecule has 1 aliphatic heterocycles. The lowest BCUT2D eigenvalue weighted by Gasteiger charge is -2.37. The number of aryl methyl sites for hydroxylation is 2. The molecule has 1 saturated heterocycles. The fourth-order valence-corrected chi connectivity index (χ4v) is 3.84. The summed E-state index contributed by atoms with van der Waals surface area (Å²) in [5, 5.41) is -0.479. The largest absolute Gasteiger partial charge is 0.353 e. The first-order chi connectivity index (χ1) is 13.3. The van der Waals surface area contributed by atoms with Gasteiger partial charge in [0.25, 0.3) is 0 Å². The number of benzene rings is 1. The number of anilines is 1. The number of aromatic nitrogens is 2. The second-order valence-electron chi connectivity index (χ2n) is 7.82. The first kappa shape index (κ1) is 20.6. The van der Waals surface area contributed by atoms with E-state index in [2.05, 4.69) is 56.9 Å². The number of rotatable bonds is 4. The van der Waals surface area contributed by atoms with Crippen LogP contribution in [0.1, 0.15) is 43.5 Å². The van der Waals surface area contributed by atoms with Gasteiger partial charge in [-0.25, -0.2) is 9.97 Å². The summed E-state index contributed by atoms with van der Waals surface area (Å²) >= 11 is 5.98. The van der Waals surface area contributed by atoms with E-state index < -0.39 is 5.38 Å². The van der Waals surface area contributed by atoms with Gasteiger partial charge in [0.1, 0.15) is 11.2 Å². The lowest BCUT2D eigenvalue weighted by atomic mass is 10.0. The van der Waals surface area contributed by atoms with Crippen molar-refractivity contribution >= 4 is 23.3 Å². The predicted octanol–water partition coefficient (Wildman–Crippen LogP) is 4.16. The zero-order valence-corrected chi connectivity index (χ0v) is 18.1. The number of amides is 1. The molecule has 1 aromatic heterocycles. The van der Waals surface area contributed by atoms with Gasteiger partial charge in [-0.15, -0.1) is 11.6 Å². The van der Waals surface area contributed by atoms with Crippen molar-refractivity contribution in [3.63, 3.8) is 0 Å². The van der Waals surface area contributed by atoms with Crippen molar-refractivity contribution in [2.45, 2.75) is 45.9 Å². The van der Waals surface area contributed by atoms with Gasteiger partial charge in [0.05, 0.1) is 0 Å². The van der Waals surface area contributed by atoms with Crippen molar-refractivity contribution in [2.24, 2.45) is 0 Å². The van der Waals surface area contributed by atoms with Crippen LogP contribution < -0.4 is 4.90 Å². The van der Waals surface area contributed by atoms with Crippen LogP contribution in [0.2, 0.25) is 0 Å². The molecule has 1 atom stereocenters. The minimum Gasteiger partial charge on any atom is -0.353 e. The zero-order valence-electron chi connectivity index (χ0n) is 17.4. The Hall–Kier alpha value is -2.14. The van der Waals surface area contributed by atoms with Gasteiger partial charge in [-0.05, 0) is 26.7 Å². The Bertz CT molecular complexity index is 840. The Labute approximate surface area is 172 Å². The molecule has 0 radical (unpaired) electrons. The first-order valence-corrected chi connectivity index (χ1v) is 10.3. The zero-order chi connectivity index (χ0) is 20.4. The predicted molar refractivity (Wildman–Crippen MR) is 115 cm³/mol. The van der Waals surface area contributed by atoms with E-state index in [0.717, 1.165) is 36.0 Å². The highest BCUT2D eigenvalue weighted by Crippen LogP contribution is 2.31. The van der Waals surface area contributed by atoms with Gasteiger partial charge in [-0.2, -0.15) is 0 Å². The fourth-order valence-electron chi connectivity index (χ4n) is 3.71. The van der Waals surface area contributed by atoms with E-state index in [1.54, 1.807) is 6.92 Å². The Morgan fingerprint density at radius 3 is 2.14 bits per heavy atom. The molecule has 0 saturated carbocycles. The van der Waals surface area contributed by atoms with Crippen LogP contribution in [0.15, 0.2) is 24.3 Å². The molecule has 1 aromatic carbocycles. The Kier molecular flexibility index (Phi) is 6.23. The third-order valence-corrected chi connectivity index (χ3v) is 5.42. The van der Waals surface area contributed by atoms with E-state index >= 15 is 0 Å². The Morgan fingerprint density at radius 2 is 1.61 bits per heavy atom. The van der Waals surface area contributed by atoms with Crippen LogP contribution >= 0.6 is 11.6 Å². The van der Waals surface area contributed by atoms with Gasteiger partial charge in [0.2, 0.25) is 5.91 Å². The van der Waals surface area contributed by atoms with Crippen LogP contribution in [0.3, 0.4) is 0 Å². The minimum absolute atomic E-state index is 0.00427. The number of carbonyl (C=O) groups is 1. The molecule has 1 amide bonds. The minimum atomic E-state index is -0.479. The summed E-state index contributed by atoms with van der Waals surface area (Å²) in [6.45, 7) is 13.0. The summed E-state index contributed by atoms with van der Waals surface area (Å²) in [4.78, 5) is 26.1. The summed E-state index contributed by atoms with van der Waals surface area (Å²) in [6.07, 6.45) is 0. The maximum Gasteiger partial charge on any atom is 0.240 e. The average Bonchev–Trinajstić information content (AvgIpc) is 2.67. The van der Waals surface area contributed by atoms with Gasteiger partial charge in [-0.1, -0.05) is 43.7 Å². The molecule has 0 N–H and O–H groups in total. The third-order valence-electron chi connectivity index (χ3n) is 5.23. The van der Waals surface area contributed by atoms with Gasteiger partial charge < -0.3 is 9.80 Å².